The minimum atomic E-state index is 0.689. The van der Waals surface area contributed by atoms with Gasteiger partial charge in [0.15, 0.2) is 0 Å². The molecule has 0 aromatic rings. The van der Waals surface area contributed by atoms with Crippen LogP contribution >= 0.6 is 0 Å². The fourth-order valence-electron chi connectivity index (χ4n) is 3.09. The zero-order chi connectivity index (χ0) is 15.0. The molecule has 0 aromatic carbocycles. The van der Waals surface area contributed by atoms with Crippen molar-refractivity contribution in [3.05, 3.63) is 23.4 Å². The zero-order valence-electron chi connectivity index (χ0n) is 14.1. The van der Waals surface area contributed by atoms with Crippen LogP contribution < -0.4 is 5.73 Å². The SMILES string of the molecule is CC(C)CC/C=C/C(CC1=C(N)CCCC1)CC(C)C. The summed E-state index contributed by atoms with van der Waals surface area (Å²) in [5, 5.41) is 0. The molecule has 1 unspecified atom stereocenters. The molecule has 0 fully saturated rings. The fraction of sp³-hybridized carbons (Fsp3) is 0.789. The Labute approximate surface area is 126 Å². The molecule has 0 heterocycles. The number of rotatable bonds is 8. The van der Waals surface area contributed by atoms with E-state index in [1.807, 2.05) is 0 Å². The summed E-state index contributed by atoms with van der Waals surface area (Å²) in [4.78, 5) is 0. The Morgan fingerprint density at radius 2 is 1.75 bits per heavy atom. The lowest BCUT2D eigenvalue weighted by molar-refractivity contribution is 0.459. The maximum absolute atomic E-state index is 6.21. The van der Waals surface area contributed by atoms with Gasteiger partial charge in [-0.25, -0.2) is 0 Å². The lowest BCUT2D eigenvalue weighted by Gasteiger charge is -2.22. The summed E-state index contributed by atoms with van der Waals surface area (Å²) in [5.74, 6) is 2.26. The second kappa shape index (κ2) is 9.26. The van der Waals surface area contributed by atoms with Crippen LogP contribution in [0.15, 0.2) is 23.4 Å². The predicted molar refractivity (Wildman–Crippen MR) is 90.5 cm³/mol. The molecule has 0 radical (unpaired) electrons. The van der Waals surface area contributed by atoms with Gasteiger partial charge in [0.1, 0.15) is 0 Å². The van der Waals surface area contributed by atoms with Gasteiger partial charge in [0.05, 0.1) is 0 Å². The molecule has 0 aromatic heterocycles. The van der Waals surface area contributed by atoms with Crippen LogP contribution in [0.2, 0.25) is 0 Å². The molecule has 0 saturated carbocycles. The van der Waals surface area contributed by atoms with Gasteiger partial charge in [0.2, 0.25) is 0 Å². The Hall–Kier alpha value is -0.720. The summed E-state index contributed by atoms with van der Waals surface area (Å²) < 4.78 is 0. The average Bonchev–Trinajstić information content (AvgIpc) is 2.36. The van der Waals surface area contributed by atoms with Crippen molar-refractivity contribution in [2.45, 2.75) is 79.1 Å². The summed E-state index contributed by atoms with van der Waals surface area (Å²) >= 11 is 0. The van der Waals surface area contributed by atoms with Crippen molar-refractivity contribution in [2.24, 2.45) is 23.5 Å². The van der Waals surface area contributed by atoms with Crippen molar-refractivity contribution >= 4 is 0 Å². The summed E-state index contributed by atoms with van der Waals surface area (Å²) in [6.07, 6.45) is 14.9. The van der Waals surface area contributed by atoms with E-state index in [2.05, 4.69) is 39.8 Å². The van der Waals surface area contributed by atoms with Gasteiger partial charge in [0, 0.05) is 5.70 Å². The molecule has 1 atom stereocenters. The van der Waals surface area contributed by atoms with E-state index in [0.717, 1.165) is 18.3 Å². The van der Waals surface area contributed by atoms with Crippen molar-refractivity contribution in [3.63, 3.8) is 0 Å². The van der Waals surface area contributed by atoms with Gasteiger partial charge in [0.25, 0.3) is 0 Å². The molecular formula is C19H35N. The van der Waals surface area contributed by atoms with E-state index in [4.69, 9.17) is 5.73 Å². The molecule has 0 spiro atoms. The standard InChI is InChI=1S/C19H35N/c1-15(2)9-5-6-10-17(13-16(3)4)14-18-11-7-8-12-19(18)20/h6,10,15-17H,5,7-9,11-14,20H2,1-4H3/b10-6+. The van der Waals surface area contributed by atoms with E-state index in [0.29, 0.717) is 5.92 Å². The summed E-state index contributed by atoms with van der Waals surface area (Å²) in [5.41, 5.74) is 8.95. The second-order valence-corrected chi connectivity index (χ2v) is 7.33. The van der Waals surface area contributed by atoms with E-state index in [-0.39, 0.29) is 0 Å². The highest BCUT2D eigenvalue weighted by molar-refractivity contribution is 5.15. The van der Waals surface area contributed by atoms with Gasteiger partial charge < -0.3 is 5.73 Å². The first kappa shape index (κ1) is 17.3. The van der Waals surface area contributed by atoms with Crippen LogP contribution in [-0.2, 0) is 0 Å². The molecule has 1 heteroatoms. The Balaban J connectivity index is 2.55. The third-order valence-corrected chi connectivity index (χ3v) is 4.23. The van der Waals surface area contributed by atoms with Crippen molar-refractivity contribution in [3.8, 4) is 0 Å². The first-order chi connectivity index (χ1) is 9.49. The largest absolute Gasteiger partial charge is 0.402 e. The number of nitrogens with two attached hydrogens (primary N) is 1. The fourth-order valence-corrected chi connectivity index (χ4v) is 3.09. The Morgan fingerprint density at radius 3 is 2.35 bits per heavy atom. The third kappa shape index (κ3) is 7.17. The Morgan fingerprint density at radius 1 is 1.05 bits per heavy atom. The maximum atomic E-state index is 6.21. The van der Waals surface area contributed by atoms with E-state index in [9.17, 15) is 0 Å². The first-order valence-electron chi connectivity index (χ1n) is 8.62. The quantitative estimate of drug-likeness (QED) is 0.556. The van der Waals surface area contributed by atoms with E-state index >= 15 is 0 Å². The van der Waals surface area contributed by atoms with Crippen molar-refractivity contribution in [1.29, 1.82) is 0 Å². The van der Waals surface area contributed by atoms with Crippen LogP contribution in [0.1, 0.15) is 79.1 Å². The molecule has 1 aliphatic rings. The van der Waals surface area contributed by atoms with E-state index in [1.165, 1.54) is 50.6 Å². The van der Waals surface area contributed by atoms with Gasteiger partial charge in [-0.2, -0.15) is 0 Å². The normalized spacial score (nSPS) is 18.5. The van der Waals surface area contributed by atoms with Gasteiger partial charge in [-0.15, -0.1) is 0 Å². The second-order valence-electron chi connectivity index (χ2n) is 7.33. The van der Waals surface area contributed by atoms with Crippen LogP contribution in [0.25, 0.3) is 0 Å². The highest BCUT2D eigenvalue weighted by Gasteiger charge is 2.15. The Bertz CT molecular complexity index is 323. The minimum absolute atomic E-state index is 0.689. The van der Waals surface area contributed by atoms with Gasteiger partial charge in [-0.1, -0.05) is 45.4 Å². The van der Waals surface area contributed by atoms with Gasteiger partial charge in [-0.3, -0.25) is 0 Å². The number of hydrogen-bond acceptors (Lipinski definition) is 1. The van der Waals surface area contributed by atoms with Crippen molar-refractivity contribution in [1.82, 2.24) is 0 Å². The third-order valence-electron chi connectivity index (χ3n) is 4.23. The van der Waals surface area contributed by atoms with Crippen LogP contribution in [-0.4, -0.2) is 0 Å². The van der Waals surface area contributed by atoms with Gasteiger partial charge in [-0.05, 0) is 69.1 Å². The molecule has 0 saturated heterocycles. The minimum Gasteiger partial charge on any atom is -0.402 e. The van der Waals surface area contributed by atoms with Crippen LogP contribution in [0.4, 0.5) is 0 Å². The van der Waals surface area contributed by atoms with Crippen LogP contribution in [0, 0.1) is 17.8 Å². The Kier molecular flexibility index (Phi) is 8.02. The summed E-state index contributed by atoms with van der Waals surface area (Å²) in [6.45, 7) is 9.25. The zero-order valence-corrected chi connectivity index (χ0v) is 14.1. The molecule has 0 amide bonds. The lowest BCUT2D eigenvalue weighted by atomic mass is 9.85. The molecule has 1 aliphatic carbocycles. The molecule has 1 nitrogen and oxygen atoms in total. The smallest absolute Gasteiger partial charge is 0.00725 e. The molecular weight excluding hydrogens is 242 g/mol. The molecule has 0 aliphatic heterocycles. The monoisotopic (exact) mass is 277 g/mol. The van der Waals surface area contributed by atoms with Gasteiger partial charge >= 0.3 is 0 Å². The topological polar surface area (TPSA) is 26.0 Å². The number of allylic oxidation sites excluding steroid dienone is 4. The molecule has 2 N–H and O–H groups in total. The molecule has 0 bridgehead atoms. The lowest BCUT2D eigenvalue weighted by Crippen LogP contribution is -2.12. The highest BCUT2D eigenvalue weighted by Crippen LogP contribution is 2.30. The predicted octanol–water partition coefficient (Wildman–Crippen LogP) is 5.82. The summed E-state index contributed by atoms with van der Waals surface area (Å²) in [7, 11) is 0. The summed E-state index contributed by atoms with van der Waals surface area (Å²) in [6, 6.07) is 0. The maximum Gasteiger partial charge on any atom is 0.00725 e. The van der Waals surface area contributed by atoms with Crippen LogP contribution in [0.5, 0.6) is 0 Å². The number of hydrogen-bond donors (Lipinski definition) is 1. The van der Waals surface area contributed by atoms with Crippen molar-refractivity contribution in [2.75, 3.05) is 0 Å². The highest BCUT2D eigenvalue weighted by atomic mass is 14.6. The van der Waals surface area contributed by atoms with E-state index in [1.54, 1.807) is 5.57 Å². The average molecular weight is 277 g/mol. The molecule has 116 valence electrons. The van der Waals surface area contributed by atoms with E-state index < -0.39 is 0 Å². The van der Waals surface area contributed by atoms with Crippen LogP contribution in [0.3, 0.4) is 0 Å². The molecule has 20 heavy (non-hydrogen) atoms. The molecule has 1 rings (SSSR count). The first-order valence-corrected chi connectivity index (χ1v) is 8.62. The van der Waals surface area contributed by atoms with Crippen molar-refractivity contribution < 1.29 is 0 Å².